The number of likely N-dealkylation sites (tertiary alicyclic amines) is 1. The van der Waals surface area contributed by atoms with Crippen LogP contribution < -0.4 is 15.5 Å². The summed E-state index contributed by atoms with van der Waals surface area (Å²) in [4.78, 5) is 49.4. The molecule has 0 bridgehead atoms. The molecule has 2 saturated heterocycles. The van der Waals surface area contributed by atoms with Gasteiger partial charge in [-0.2, -0.15) is 0 Å². The van der Waals surface area contributed by atoms with Crippen LogP contribution in [0.2, 0.25) is 0 Å². The van der Waals surface area contributed by atoms with Crippen LogP contribution in [0.4, 0.5) is 11.4 Å². The lowest BCUT2D eigenvalue weighted by atomic mass is 9.87. The van der Waals surface area contributed by atoms with Gasteiger partial charge in [-0.25, -0.2) is 0 Å². The molecule has 0 unspecified atom stereocenters. The van der Waals surface area contributed by atoms with Crippen molar-refractivity contribution in [2.24, 2.45) is 0 Å². The van der Waals surface area contributed by atoms with E-state index in [0.29, 0.717) is 28.1 Å². The number of aromatic nitrogens is 1. The molecule has 0 saturated carbocycles. The zero-order valence-corrected chi connectivity index (χ0v) is 27.4. The van der Waals surface area contributed by atoms with Crippen molar-refractivity contribution in [3.8, 4) is 11.3 Å². The second kappa shape index (κ2) is 14.4. The van der Waals surface area contributed by atoms with Crippen molar-refractivity contribution in [3.05, 3.63) is 113 Å². The number of carbonyl (C=O) groups is 3. The van der Waals surface area contributed by atoms with Crippen LogP contribution in [0, 0.1) is 0 Å². The first-order valence-corrected chi connectivity index (χ1v) is 17.5. The third-order valence-electron chi connectivity index (χ3n) is 9.96. The molecular weight excluding hydrogens is 598 g/mol. The maximum absolute atomic E-state index is 13.7. The van der Waals surface area contributed by atoms with Crippen LogP contribution in [0.15, 0.2) is 85.1 Å². The van der Waals surface area contributed by atoms with Gasteiger partial charge in [0.05, 0.1) is 17.4 Å². The van der Waals surface area contributed by atoms with Crippen LogP contribution in [0.25, 0.3) is 11.3 Å². The van der Waals surface area contributed by atoms with Gasteiger partial charge in [0.2, 0.25) is 0 Å². The molecule has 246 valence electrons. The lowest BCUT2D eigenvalue weighted by Crippen LogP contribution is -2.35. The van der Waals surface area contributed by atoms with Crippen molar-refractivity contribution in [3.63, 3.8) is 0 Å². The van der Waals surface area contributed by atoms with E-state index in [9.17, 15) is 14.4 Å². The van der Waals surface area contributed by atoms with Crippen LogP contribution in [0.1, 0.15) is 99.6 Å². The number of fused-ring (bicyclic) bond motifs is 1. The third kappa shape index (κ3) is 6.98. The van der Waals surface area contributed by atoms with Gasteiger partial charge in [0.15, 0.2) is 0 Å². The number of aryl methyl sites for hydroxylation is 1. The molecule has 8 heteroatoms. The molecule has 2 fully saturated rings. The summed E-state index contributed by atoms with van der Waals surface area (Å²) in [5.74, 6) is -0.486. The first-order chi connectivity index (χ1) is 23.5. The monoisotopic (exact) mass is 641 g/mol. The molecule has 2 N–H and O–H groups in total. The summed E-state index contributed by atoms with van der Waals surface area (Å²) in [7, 11) is 0. The van der Waals surface area contributed by atoms with E-state index in [0.717, 1.165) is 88.8 Å². The molecule has 3 heterocycles. The summed E-state index contributed by atoms with van der Waals surface area (Å²) in [6, 6.07) is 24.8. The number of piperidine rings is 2. The average Bonchev–Trinajstić information content (AvgIpc) is 3.15. The average molecular weight is 642 g/mol. The second-order valence-electron chi connectivity index (χ2n) is 13.2. The first kappa shape index (κ1) is 31.6. The Morgan fingerprint density at radius 1 is 0.688 bits per heavy atom. The lowest BCUT2D eigenvalue weighted by Gasteiger charge is -2.29. The van der Waals surface area contributed by atoms with Crippen LogP contribution in [0.3, 0.4) is 0 Å². The summed E-state index contributed by atoms with van der Waals surface area (Å²) in [6.45, 7) is 3.45. The minimum absolute atomic E-state index is 0.0334. The molecule has 8 nitrogen and oxygen atoms in total. The van der Waals surface area contributed by atoms with E-state index in [-0.39, 0.29) is 23.8 Å². The fraction of sp³-hybridized carbons (Fsp3) is 0.350. The van der Waals surface area contributed by atoms with E-state index in [4.69, 9.17) is 4.98 Å². The van der Waals surface area contributed by atoms with Crippen LogP contribution in [0.5, 0.6) is 0 Å². The number of amides is 3. The Balaban J connectivity index is 1.16. The number of nitrogens with one attached hydrogen (secondary N) is 2. The SMILES string of the molecule is O=C(Nc1ccc(N2CCCCC2)cc1-c1cc(C(=O)N[C@H]2CCCc3ccccc32)ccn1)c1cccc(C(=O)N2CCCCC2)c1. The van der Waals surface area contributed by atoms with Crippen LogP contribution in [-0.2, 0) is 6.42 Å². The number of pyridine rings is 1. The van der Waals surface area contributed by atoms with Gasteiger partial charge in [-0.15, -0.1) is 0 Å². The second-order valence-corrected chi connectivity index (χ2v) is 13.2. The molecule has 2 aliphatic heterocycles. The summed E-state index contributed by atoms with van der Waals surface area (Å²) >= 11 is 0. The van der Waals surface area contributed by atoms with Crippen molar-refractivity contribution in [1.29, 1.82) is 0 Å². The number of hydrogen-bond donors (Lipinski definition) is 2. The van der Waals surface area contributed by atoms with Crippen LogP contribution in [-0.4, -0.2) is 53.8 Å². The standard InChI is InChI=1S/C40H43N5O3/c46-38(29-13-9-14-31(25-29)40(48)45-23-7-2-8-24-45)43-36-18-17-32(44-21-5-1-6-22-44)27-34(36)37-26-30(19-20-41-37)39(47)42-35-16-10-12-28-11-3-4-15-33(28)35/h3-4,9,11,13-15,17-20,25-27,35H,1-2,5-8,10,12,16,21-24H2,(H,42,47)(H,43,46)/t35-/m0/s1. The predicted molar refractivity (Wildman–Crippen MR) is 189 cm³/mol. The van der Waals surface area contributed by atoms with Gasteiger partial charge in [-0.05, 0) is 117 Å². The molecule has 0 radical (unpaired) electrons. The van der Waals surface area contributed by atoms with Gasteiger partial charge in [0, 0.05) is 60.3 Å². The highest BCUT2D eigenvalue weighted by Crippen LogP contribution is 2.34. The zero-order valence-electron chi connectivity index (χ0n) is 27.4. The molecule has 48 heavy (non-hydrogen) atoms. The smallest absolute Gasteiger partial charge is 0.255 e. The molecule has 3 aromatic carbocycles. The molecular formula is C40H43N5O3. The Bertz CT molecular complexity index is 1810. The summed E-state index contributed by atoms with van der Waals surface area (Å²) in [5.41, 5.74) is 6.94. The molecule has 3 amide bonds. The molecule has 7 rings (SSSR count). The maximum Gasteiger partial charge on any atom is 0.255 e. The number of carbonyl (C=O) groups excluding carboxylic acids is 3. The Kier molecular flexibility index (Phi) is 9.50. The minimum Gasteiger partial charge on any atom is -0.372 e. The van der Waals surface area contributed by atoms with E-state index in [2.05, 4.69) is 39.8 Å². The molecule has 4 aromatic rings. The fourth-order valence-corrected chi connectivity index (χ4v) is 7.33. The van der Waals surface area contributed by atoms with Crippen molar-refractivity contribution < 1.29 is 14.4 Å². The van der Waals surface area contributed by atoms with Gasteiger partial charge in [-0.3, -0.25) is 19.4 Å². The van der Waals surface area contributed by atoms with E-state index < -0.39 is 0 Å². The van der Waals surface area contributed by atoms with Crippen molar-refractivity contribution in [2.45, 2.75) is 63.8 Å². The summed E-state index contributed by atoms with van der Waals surface area (Å²) in [6.07, 6.45) is 11.3. The fourth-order valence-electron chi connectivity index (χ4n) is 7.33. The lowest BCUT2D eigenvalue weighted by molar-refractivity contribution is 0.0724. The Morgan fingerprint density at radius 3 is 2.27 bits per heavy atom. The predicted octanol–water partition coefficient (Wildman–Crippen LogP) is 7.42. The van der Waals surface area contributed by atoms with E-state index in [1.807, 2.05) is 29.2 Å². The molecule has 1 aromatic heterocycles. The number of nitrogens with zero attached hydrogens (tertiary/aromatic N) is 3. The zero-order chi connectivity index (χ0) is 32.9. The highest BCUT2D eigenvalue weighted by atomic mass is 16.2. The topological polar surface area (TPSA) is 94.6 Å². The van der Waals surface area contributed by atoms with Gasteiger partial charge in [0.25, 0.3) is 17.7 Å². The van der Waals surface area contributed by atoms with Gasteiger partial charge >= 0.3 is 0 Å². The number of hydrogen-bond acceptors (Lipinski definition) is 5. The highest BCUT2D eigenvalue weighted by Gasteiger charge is 2.24. The maximum atomic E-state index is 13.7. The van der Waals surface area contributed by atoms with Crippen molar-refractivity contribution >= 4 is 29.1 Å². The molecule has 1 atom stereocenters. The van der Waals surface area contributed by atoms with E-state index in [1.54, 1.807) is 36.5 Å². The van der Waals surface area contributed by atoms with E-state index >= 15 is 0 Å². The van der Waals surface area contributed by atoms with Gasteiger partial charge in [-0.1, -0.05) is 30.3 Å². The summed E-state index contributed by atoms with van der Waals surface area (Å²) < 4.78 is 0. The Morgan fingerprint density at radius 2 is 1.44 bits per heavy atom. The highest BCUT2D eigenvalue weighted by molar-refractivity contribution is 6.08. The quantitative estimate of drug-likeness (QED) is 0.219. The normalized spacial score (nSPS) is 17.7. The summed E-state index contributed by atoms with van der Waals surface area (Å²) in [5, 5.41) is 6.37. The Hall–Kier alpha value is -4.98. The largest absolute Gasteiger partial charge is 0.372 e. The molecule has 1 aliphatic carbocycles. The Labute approximate surface area is 282 Å². The molecule has 0 spiro atoms. The number of anilines is 2. The first-order valence-electron chi connectivity index (χ1n) is 17.5. The van der Waals surface area contributed by atoms with Crippen LogP contribution >= 0.6 is 0 Å². The molecule has 3 aliphatic rings. The number of rotatable bonds is 7. The van der Waals surface area contributed by atoms with E-state index in [1.165, 1.54) is 17.5 Å². The minimum atomic E-state index is -0.305. The third-order valence-corrected chi connectivity index (χ3v) is 9.96. The van der Waals surface area contributed by atoms with Crippen molar-refractivity contribution in [1.82, 2.24) is 15.2 Å². The van der Waals surface area contributed by atoms with Gasteiger partial charge in [0.1, 0.15) is 0 Å². The van der Waals surface area contributed by atoms with Gasteiger partial charge < -0.3 is 20.4 Å². The van der Waals surface area contributed by atoms with Crippen molar-refractivity contribution in [2.75, 3.05) is 36.4 Å². The number of benzene rings is 3.